The van der Waals surface area contributed by atoms with Gasteiger partial charge in [0.15, 0.2) is 0 Å². The first-order valence-corrected chi connectivity index (χ1v) is 7.75. The third-order valence-electron chi connectivity index (χ3n) is 4.03. The maximum atomic E-state index is 12.0. The molecule has 0 radical (unpaired) electrons. The van der Waals surface area contributed by atoms with E-state index in [-0.39, 0.29) is 11.9 Å². The average molecular weight is 286 g/mol. The van der Waals surface area contributed by atoms with Crippen LogP contribution in [0.15, 0.2) is 30.6 Å². The third-order valence-corrected chi connectivity index (χ3v) is 4.03. The molecular formula is C16H22N4O. The van der Waals surface area contributed by atoms with Crippen LogP contribution in [0.4, 0.5) is 0 Å². The fourth-order valence-electron chi connectivity index (χ4n) is 2.85. The number of carbonyl (C=O) groups is 1. The van der Waals surface area contributed by atoms with Crippen LogP contribution in [-0.2, 0) is 11.3 Å². The van der Waals surface area contributed by atoms with E-state index in [1.165, 1.54) is 6.42 Å². The monoisotopic (exact) mass is 286 g/mol. The van der Waals surface area contributed by atoms with Crippen molar-refractivity contribution in [1.82, 2.24) is 20.2 Å². The zero-order chi connectivity index (χ0) is 14.5. The summed E-state index contributed by atoms with van der Waals surface area (Å²) in [5.74, 6) is 0.144. The molecule has 0 aliphatic carbocycles. The molecule has 1 aliphatic heterocycles. The van der Waals surface area contributed by atoms with Crippen molar-refractivity contribution in [1.29, 1.82) is 0 Å². The molecule has 1 aromatic carbocycles. The lowest BCUT2D eigenvalue weighted by Crippen LogP contribution is -2.46. The summed E-state index contributed by atoms with van der Waals surface area (Å²) in [5, 5.41) is 6.30. The van der Waals surface area contributed by atoms with Gasteiger partial charge in [0.25, 0.3) is 0 Å². The molecule has 2 heterocycles. The van der Waals surface area contributed by atoms with Gasteiger partial charge in [-0.05, 0) is 37.9 Å². The third kappa shape index (κ3) is 3.42. The first-order valence-electron chi connectivity index (χ1n) is 7.75. The summed E-state index contributed by atoms with van der Waals surface area (Å²) in [7, 11) is 0. The second-order valence-electron chi connectivity index (χ2n) is 5.57. The number of hydrogen-bond donors (Lipinski definition) is 2. The van der Waals surface area contributed by atoms with Crippen molar-refractivity contribution >= 4 is 16.9 Å². The van der Waals surface area contributed by atoms with Gasteiger partial charge in [-0.2, -0.15) is 0 Å². The van der Waals surface area contributed by atoms with Gasteiger partial charge in [-0.3, -0.25) is 4.79 Å². The Morgan fingerprint density at radius 1 is 1.38 bits per heavy atom. The Kier molecular flexibility index (Phi) is 4.50. The Hall–Kier alpha value is -1.88. The summed E-state index contributed by atoms with van der Waals surface area (Å²) in [6.07, 6.45) is 6.07. The zero-order valence-corrected chi connectivity index (χ0v) is 12.2. The summed E-state index contributed by atoms with van der Waals surface area (Å²) in [4.78, 5) is 16.4. The number of fused-ring (bicyclic) bond motifs is 1. The van der Waals surface area contributed by atoms with Crippen LogP contribution < -0.4 is 10.6 Å². The van der Waals surface area contributed by atoms with Crippen LogP contribution >= 0.6 is 0 Å². The number of piperidine rings is 1. The summed E-state index contributed by atoms with van der Waals surface area (Å²) in [5.41, 5.74) is 2.17. The highest BCUT2D eigenvalue weighted by molar-refractivity contribution is 5.81. The van der Waals surface area contributed by atoms with Crippen molar-refractivity contribution in [3.8, 4) is 0 Å². The van der Waals surface area contributed by atoms with Gasteiger partial charge in [-0.1, -0.05) is 18.6 Å². The topological polar surface area (TPSA) is 59.0 Å². The molecule has 0 saturated carbocycles. The van der Waals surface area contributed by atoms with Crippen molar-refractivity contribution < 1.29 is 4.79 Å². The predicted octanol–water partition coefficient (Wildman–Crippen LogP) is 1.68. The number of amides is 1. The van der Waals surface area contributed by atoms with E-state index >= 15 is 0 Å². The molecule has 1 saturated heterocycles. The molecule has 1 aromatic heterocycles. The number of aryl methyl sites for hydroxylation is 1. The molecule has 0 unspecified atom stereocenters. The Morgan fingerprint density at radius 2 is 2.29 bits per heavy atom. The molecule has 5 nitrogen and oxygen atoms in total. The Bertz CT molecular complexity index is 601. The Morgan fingerprint density at radius 3 is 3.14 bits per heavy atom. The zero-order valence-electron chi connectivity index (χ0n) is 12.2. The number of aromatic nitrogens is 2. The number of imidazole rings is 1. The number of nitrogens with one attached hydrogen (secondary N) is 2. The second kappa shape index (κ2) is 6.72. The van der Waals surface area contributed by atoms with Crippen molar-refractivity contribution in [2.24, 2.45) is 0 Å². The standard InChI is InChI=1S/C16H22N4O/c21-16(14-7-3-4-9-17-14)18-10-5-11-20-12-19-13-6-1-2-8-15(13)20/h1-2,6,8,12,14,17H,3-5,7,9-11H2,(H,18,21)/t14-/m1/s1. The largest absolute Gasteiger partial charge is 0.355 e. The number of nitrogens with zero attached hydrogens (tertiary/aromatic N) is 2. The minimum atomic E-state index is 0.00725. The summed E-state index contributed by atoms with van der Waals surface area (Å²) < 4.78 is 2.14. The molecule has 1 fully saturated rings. The van der Waals surface area contributed by atoms with E-state index in [4.69, 9.17) is 0 Å². The molecule has 1 aliphatic rings. The fourth-order valence-corrected chi connectivity index (χ4v) is 2.85. The van der Waals surface area contributed by atoms with Crippen LogP contribution in [-0.4, -0.2) is 34.6 Å². The molecule has 3 rings (SSSR count). The van der Waals surface area contributed by atoms with E-state index in [0.29, 0.717) is 6.54 Å². The predicted molar refractivity (Wildman–Crippen MR) is 83.0 cm³/mol. The van der Waals surface area contributed by atoms with E-state index in [2.05, 4.69) is 26.3 Å². The van der Waals surface area contributed by atoms with E-state index in [9.17, 15) is 4.79 Å². The maximum absolute atomic E-state index is 12.0. The van der Waals surface area contributed by atoms with E-state index < -0.39 is 0 Å². The molecule has 2 aromatic rings. The van der Waals surface area contributed by atoms with Gasteiger partial charge in [0.1, 0.15) is 0 Å². The van der Waals surface area contributed by atoms with E-state index in [1.54, 1.807) is 0 Å². The highest BCUT2D eigenvalue weighted by atomic mass is 16.2. The number of hydrogen-bond acceptors (Lipinski definition) is 3. The molecule has 0 spiro atoms. The van der Waals surface area contributed by atoms with E-state index in [0.717, 1.165) is 43.4 Å². The van der Waals surface area contributed by atoms with Crippen molar-refractivity contribution in [3.63, 3.8) is 0 Å². The average Bonchev–Trinajstić information content (AvgIpc) is 2.95. The quantitative estimate of drug-likeness (QED) is 0.822. The lowest BCUT2D eigenvalue weighted by molar-refractivity contribution is -0.123. The van der Waals surface area contributed by atoms with Crippen molar-refractivity contribution in [2.75, 3.05) is 13.1 Å². The van der Waals surface area contributed by atoms with Crippen LogP contribution in [0.25, 0.3) is 11.0 Å². The highest BCUT2D eigenvalue weighted by Gasteiger charge is 2.19. The fraction of sp³-hybridized carbons (Fsp3) is 0.500. The van der Waals surface area contributed by atoms with Crippen LogP contribution in [0.5, 0.6) is 0 Å². The van der Waals surface area contributed by atoms with Gasteiger partial charge in [0.05, 0.1) is 23.4 Å². The number of benzene rings is 1. The van der Waals surface area contributed by atoms with Crippen LogP contribution in [0, 0.1) is 0 Å². The summed E-state index contributed by atoms with van der Waals surface area (Å²) in [6, 6.07) is 8.12. The SMILES string of the molecule is O=C(NCCCn1cnc2ccccc21)[C@H]1CCCCN1. The minimum Gasteiger partial charge on any atom is -0.355 e. The highest BCUT2D eigenvalue weighted by Crippen LogP contribution is 2.12. The van der Waals surface area contributed by atoms with Crippen LogP contribution in [0.2, 0.25) is 0 Å². The van der Waals surface area contributed by atoms with Crippen molar-refractivity contribution in [3.05, 3.63) is 30.6 Å². The summed E-state index contributed by atoms with van der Waals surface area (Å²) in [6.45, 7) is 2.54. The minimum absolute atomic E-state index is 0.00725. The Labute approximate surface area is 124 Å². The molecule has 5 heteroatoms. The molecule has 0 bridgehead atoms. The van der Waals surface area contributed by atoms with Crippen molar-refractivity contribution in [2.45, 2.75) is 38.3 Å². The maximum Gasteiger partial charge on any atom is 0.237 e. The molecule has 1 amide bonds. The van der Waals surface area contributed by atoms with E-state index in [1.807, 2.05) is 24.5 Å². The molecular weight excluding hydrogens is 264 g/mol. The van der Waals surface area contributed by atoms with Gasteiger partial charge in [0.2, 0.25) is 5.91 Å². The number of rotatable bonds is 5. The lowest BCUT2D eigenvalue weighted by Gasteiger charge is -2.22. The first-order chi connectivity index (χ1) is 10.3. The first kappa shape index (κ1) is 14.1. The second-order valence-corrected chi connectivity index (χ2v) is 5.57. The van der Waals surface area contributed by atoms with Crippen LogP contribution in [0.1, 0.15) is 25.7 Å². The Balaban J connectivity index is 1.44. The van der Waals surface area contributed by atoms with Gasteiger partial charge in [0, 0.05) is 13.1 Å². The van der Waals surface area contributed by atoms with Gasteiger partial charge >= 0.3 is 0 Å². The van der Waals surface area contributed by atoms with Gasteiger partial charge in [-0.15, -0.1) is 0 Å². The van der Waals surface area contributed by atoms with Gasteiger partial charge < -0.3 is 15.2 Å². The normalized spacial score (nSPS) is 18.8. The lowest BCUT2D eigenvalue weighted by atomic mass is 10.0. The molecule has 2 N–H and O–H groups in total. The smallest absolute Gasteiger partial charge is 0.237 e. The molecule has 21 heavy (non-hydrogen) atoms. The van der Waals surface area contributed by atoms with Gasteiger partial charge in [-0.25, -0.2) is 4.98 Å². The number of para-hydroxylation sites is 2. The van der Waals surface area contributed by atoms with Crippen LogP contribution in [0.3, 0.4) is 0 Å². The summed E-state index contributed by atoms with van der Waals surface area (Å²) >= 11 is 0. The molecule has 112 valence electrons. The number of carbonyl (C=O) groups excluding carboxylic acids is 1. The molecule has 1 atom stereocenters.